The summed E-state index contributed by atoms with van der Waals surface area (Å²) in [6.07, 6.45) is 4.68. The van der Waals surface area contributed by atoms with Crippen LogP contribution in [0.4, 0.5) is 0 Å². The van der Waals surface area contributed by atoms with Crippen LogP contribution < -0.4 is 5.32 Å². The Labute approximate surface area is 112 Å². The van der Waals surface area contributed by atoms with Crippen molar-refractivity contribution in [2.45, 2.75) is 13.0 Å². The Morgan fingerprint density at radius 1 is 1.22 bits per heavy atom. The molecule has 0 saturated carbocycles. The van der Waals surface area contributed by atoms with E-state index in [4.69, 9.17) is 4.74 Å². The number of nitrogens with zero attached hydrogens (tertiary/aromatic N) is 1. The van der Waals surface area contributed by atoms with Crippen LogP contribution in [0.2, 0.25) is 0 Å². The predicted molar refractivity (Wildman–Crippen MR) is 74.8 cm³/mol. The van der Waals surface area contributed by atoms with Gasteiger partial charge in [-0.05, 0) is 23.1 Å². The van der Waals surface area contributed by atoms with Crippen LogP contribution in [0, 0.1) is 0 Å². The highest BCUT2D eigenvalue weighted by atomic mass is 32.1. The van der Waals surface area contributed by atoms with Gasteiger partial charge in [-0.3, -0.25) is 4.98 Å². The number of rotatable bonds is 8. The van der Waals surface area contributed by atoms with E-state index in [2.05, 4.69) is 33.9 Å². The van der Waals surface area contributed by atoms with Gasteiger partial charge < -0.3 is 10.1 Å². The Hall–Kier alpha value is -1.23. The molecule has 0 amide bonds. The van der Waals surface area contributed by atoms with Crippen molar-refractivity contribution in [3.8, 4) is 0 Å². The van der Waals surface area contributed by atoms with Crippen LogP contribution >= 0.6 is 11.3 Å². The van der Waals surface area contributed by atoms with E-state index in [0.717, 1.165) is 32.7 Å². The Kier molecular flexibility index (Phi) is 5.85. The Balaban J connectivity index is 1.47. The predicted octanol–water partition coefficient (Wildman–Crippen LogP) is 2.49. The first kappa shape index (κ1) is 13.2. The second-order valence-corrected chi connectivity index (χ2v) is 5.01. The van der Waals surface area contributed by atoms with E-state index >= 15 is 0 Å². The summed E-state index contributed by atoms with van der Waals surface area (Å²) in [6, 6.07) is 8.25. The second kappa shape index (κ2) is 7.97. The van der Waals surface area contributed by atoms with Crippen LogP contribution in [0.1, 0.15) is 10.4 Å². The number of hydrogen-bond acceptors (Lipinski definition) is 4. The lowest BCUT2D eigenvalue weighted by atomic mass is 10.3. The van der Waals surface area contributed by atoms with Crippen molar-refractivity contribution in [3.05, 3.63) is 52.5 Å². The van der Waals surface area contributed by atoms with Gasteiger partial charge in [0.2, 0.25) is 0 Å². The zero-order valence-electron chi connectivity index (χ0n) is 10.3. The zero-order chi connectivity index (χ0) is 12.5. The molecule has 3 nitrogen and oxygen atoms in total. The van der Waals surface area contributed by atoms with Gasteiger partial charge in [0.25, 0.3) is 0 Å². The summed E-state index contributed by atoms with van der Waals surface area (Å²) in [5, 5.41) is 5.43. The van der Waals surface area contributed by atoms with Gasteiger partial charge in [-0.25, -0.2) is 0 Å². The van der Waals surface area contributed by atoms with Gasteiger partial charge in [0.05, 0.1) is 13.2 Å². The smallest absolute Gasteiger partial charge is 0.0591 e. The maximum absolute atomic E-state index is 5.57. The topological polar surface area (TPSA) is 34.2 Å². The number of pyridine rings is 1. The third kappa shape index (κ3) is 4.96. The summed E-state index contributed by atoms with van der Waals surface area (Å²) in [6.45, 7) is 3.28. The van der Waals surface area contributed by atoms with E-state index in [9.17, 15) is 0 Å². The average Bonchev–Trinajstić information content (AvgIpc) is 2.92. The molecule has 0 atom stereocenters. The summed E-state index contributed by atoms with van der Waals surface area (Å²) in [5.74, 6) is 0. The fraction of sp³-hybridized carbons (Fsp3) is 0.357. The lowest BCUT2D eigenvalue weighted by Crippen LogP contribution is -2.19. The summed E-state index contributed by atoms with van der Waals surface area (Å²) < 4.78 is 5.57. The molecule has 2 rings (SSSR count). The fourth-order valence-corrected chi connectivity index (χ4v) is 2.30. The highest BCUT2D eigenvalue weighted by Crippen LogP contribution is 2.08. The van der Waals surface area contributed by atoms with Crippen molar-refractivity contribution in [2.75, 3.05) is 19.8 Å². The van der Waals surface area contributed by atoms with E-state index in [0.29, 0.717) is 0 Å². The molecule has 1 N–H and O–H groups in total. The average molecular weight is 262 g/mol. The van der Waals surface area contributed by atoms with E-state index < -0.39 is 0 Å². The number of thiophene rings is 1. The van der Waals surface area contributed by atoms with Crippen LogP contribution in [0.3, 0.4) is 0 Å². The molecule has 0 unspecified atom stereocenters. The first-order valence-electron chi connectivity index (χ1n) is 6.15. The molecule has 0 saturated heterocycles. The lowest BCUT2D eigenvalue weighted by molar-refractivity contribution is 0.139. The molecule has 96 valence electrons. The first-order chi connectivity index (χ1) is 8.95. The number of hydrogen-bond donors (Lipinski definition) is 1. The van der Waals surface area contributed by atoms with Crippen molar-refractivity contribution in [3.63, 3.8) is 0 Å². The van der Waals surface area contributed by atoms with Crippen molar-refractivity contribution in [2.24, 2.45) is 0 Å². The van der Waals surface area contributed by atoms with E-state index in [-0.39, 0.29) is 0 Å². The number of aromatic nitrogens is 1. The van der Waals surface area contributed by atoms with Crippen LogP contribution in [-0.4, -0.2) is 24.7 Å². The van der Waals surface area contributed by atoms with Gasteiger partial charge in [0.1, 0.15) is 0 Å². The molecule has 0 spiro atoms. The van der Waals surface area contributed by atoms with E-state index in [1.807, 2.05) is 12.3 Å². The van der Waals surface area contributed by atoms with Crippen molar-refractivity contribution in [1.29, 1.82) is 0 Å². The normalized spacial score (nSPS) is 10.7. The van der Waals surface area contributed by atoms with Crippen molar-refractivity contribution in [1.82, 2.24) is 10.3 Å². The highest BCUT2D eigenvalue weighted by Gasteiger charge is 1.94. The Bertz CT molecular complexity index is 417. The van der Waals surface area contributed by atoms with Gasteiger partial charge in [0.15, 0.2) is 0 Å². The van der Waals surface area contributed by atoms with Gasteiger partial charge in [-0.15, -0.1) is 11.3 Å². The molecule has 0 aliphatic rings. The van der Waals surface area contributed by atoms with E-state index in [1.165, 1.54) is 10.4 Å². The molecule has 0 radical (unpaired) electrons. The molecular formula is C14H18N2OS. The van der Waals surface area contributed by atoms with Crippen LogP contribution in [-0.2, 0) is 17.7 Å². The molecule has 0 fully saturated rings. The molecule has 18 heavy (non-hydrogen) atoms. The molecule has 0 bridgehead atoms. The maximum atomic E-state index is 5.57. The second-order valence-electron chi connectivity index (χ2n) is 3.98. The largest absolute Gasteiger partial charge is 0.380 e. The number of nitrogens with one attached hydrogen (secondary N) is 1. The molecular weight excluding hydrogens is 244 g/mol. The minimum Gasteiger partial charge on any atom is -0.380 e. The van der Waals surface area contributed by atoms with E-state index in [1.54, 1.807) is 17.5 Å². The Morgan fingerprint density at radius 2 is 2.22 bits per heavy atom. The SMILES string of the molecule is c1cncc(CNCCOCCc2cccs2)c1. The van der Waals surface area contributed by atoms with Crippen LogP contribution in [0.15, 0.2) is 42.0 Å². The summed E-state index contributed by atoms with van der Waals surface area (Å²) in [7, 11) is 0. The molecule has 2 aromatic rings. The monoisotopic (exact) mass is 262 g/mol. The standard InChI is InChI=1S/C14H18N2OS/c1-3-13(11-15-6-1)12-16-7-9-17-8-5-14-4-2-10-18-14/h1-4,6,10-11,16H,5,7-9,12H2. The molecule has 0 aliphatic carbocycles. The van der Waals surface area contributed by atoms with Gasteiger partial charge in [-0.2, -0.15) is 0 Å². The lowest BCUT2D eigenvalue weighted by Gasteiger charge is -2.05. The van der Waals surface area contributed by atoms with Gasteiger partial charge >= 0.3 is 0 Å². The molecule has 0 aromatic carbocycles. The summed E-state index contributed by atoms with van der Waals surface area (Å²) in [4.78, 5) is 5.46. The minimum absolute atomic E-state index is 0.756. The fourth-order valence-electron chi connectivity index (χ4n) is 1.61. The molecule has 2 heterocycles. The minimum atomic E-state index is 0.756. The van der Waals surface area contributed by atoms with Crippen molar-refractivity contribution < 1.29 is 4.74 Å². The summed E-state index contributed by atoms with van der Waals surface area (Å²) in [5.41, 5.74) is 1.20. The molecule has 2 aromatic heterocycles. The number of ether oxygens (including phenoxy) is 1. The molecule has 4 heteroatoms. The third-order valence-electron chi connectivity index (χ3n) is 2.55. The summed E-state index contributed by atoms with van der Waals surface area (Å²) >= 11 is 1.79. The zero-order valence-corrected chi connectivity index (χ0v) is 11.2. The maximum Gasteiger partial charge on any atom is 0.0591 e. The quantitative estimate of drug-likeness (QED) is 0.742. The Morgan fingerprint density at radius 3 is 3.00 bits per heavy atom. The highest BCUT2D eigenvalue weighted by molar-refractivity contribution is 7.09. The van der Waals surface area contributed by atoms with Crippen LogP contribution in [0.25, 0.3) is 0 Å². The molecule has 0 aliphatic heterocycles. The third-order valence-corrected chi connectivity index (χ3v) is 3.48. The van der Waals surface area contributed by atoms with Crippen LogP contribution in [0.5, 0.6) is 0 Å². The van der Waals surface area contributed by atoms with Gasteiger partial charge in [-0.1, -0.05) is 12.1 Å². The van der Waals surface area contributed by atoms with Crippen molar-refractivity contribution >= 4 is 11.3 Å². The first-order valence-corrected chi connectivity index (χ1v) is 7.03. The van der Waals surface area contributed by atoms with Gasteiger partial charge in [0, 0.05) is 36.8 Å².